The van der Waals surface area contributed by atoms with E-state index in [4.69, 9.17) is 71.6 Å². The highest BCUT2D eigenvalue weighted by molar-refractivity contribution is 9.24. The van der Waals surface area contributed by atoms with Crippen LogP contribution in [0.25, 0.3) is 0 Å². The van der Waals surface area contributed by atoms with E-state index < -0.39 is 18.9 Å². The molecule has 0 heterocycles. The van der Waals surface area contributed by atoms with Crippen LogP contribution in [0.4, 0.5) is 0 Å². The highest BCUT2D eigenvalue weighted by Crippen LogP contribution is 2.54. The Bertz CT molecular complexity index is 324. The van der Waals surface area contributed by atoms with Gasteiger partial charge in [0.1, 0.15) is 11.1 Å². The zero-order valence-corrected chi connectivity index (χ0v) is 19.1. The molecule has 0 saturated carbocycles. The van der Waals surface area contributed by atoms with Gasteiger partial charge < -0.3 is 0 Å². The summed E-state index contributed by atoms with van der Waals surface area (Å²) in [7, 11) is -3.98. The summed E-state index contributed by atoms with van der Waals surface area (Å²) in [6.07, 6.45) is 0.529. The number of alkyl halides is 7. The Kier molecular flexibility index (Phi) is 15.3. The highest BCUT2D eigenvalue weighted by atomic mass is 79.9. The predicted molar refractivity (Wildman–Crippen MR) is 102 cm³/mol. The molecule has 0 bridgehead atoms. The highest BCUT2D eigenvalue weighted by Gasteiger charge is 2.34. The summed E-state index contributed by atoms with van der Waals surface area (Å²) >= 11 is 35.3. The van der Waals surface area contributed by atoms with Gasteiger partial charge in [-0.2, -0.15) is 0 Å². The van der Waals surface area contributed by atoms with Crippen LogP contribution in [0.2, 0.25) is 0 Å². The van der Waals surface area contributed by atoms with Crippen molar-refractivity contribution in [1.82, 2.24) is 0 Å². The molecule has 3 atom stereocenters. The molecule has 12 heteroatoms. The van der Waals surface area contributed by atoms with E-state index in [1.165, 1.54) is 0 Å². The van der Waals surface area contributed by atoms with Gasteiger partial charge in [-0.3, -0.25) is 13.6 Å². The lowest BCUT2D eigenvalue weighted by atomic mass is 10.2. The van der Waals surface area contributed by atoms with E-state index in [2.05, 4.69) is 31.9 Å². The average molecular weight is 568 g/mol. The van der Waals surface area contributed by atoms with E-state index >= 15 is 0 Å². The van der Waals surface area contributed by atoms with Crippen LogP contribution in [0, 0.1) is 5.92 Å². The van der Waals surface area contributed by atoms with Gasteiger partial charge in [-0.25, -0.2) is 4.57 Å². The second kappa shape index (κ2) is 13.7. The van der Waals surface area contributed by atoms with Gasteiger partial charge in [-0.05, 0) is 0 Å². The maximum atomic E-state index is 12.6. The first-order valence-corrected chi connectivity index (χ1v) is 11.9. The summed E-state index contributed by atoms with van der Waals surface area (Å²) < 4.78 is 28.1. The first-order chi connectivity index (χ1) is 10.3. The molecule has 0 aromatic carbocycles. The molecule has 4 nitrogen and oxygen atoms in total. The number of phosphoric acid groups is 1. The average Bonchev–Trinajstić information content (AvgIpc) is 2.38. The van der Waals surface area contributed by atoms with Gasteiger partial charge >= 0.3 is 7.82 Å². The Morgan fingerprint density at radius 2 is 1.41 bits per heavy atom. The third-order valence-electron chi connectivity index (χ3n) is 2.16. The van der Waals surface area contributed by atoms with Crippen molar-refractivity contribution in [3.63, 3.8) is 0 Å². The molecule has 0 aromatic heterocycles. The van der Waals surface area contributed by atoms with Crippen molar-refractivity contribution < 1.29 is 18.1 Å². The van der Waals surface area contributed by atoms with Crippen LogP contribution >= 0.6 is 97.7 Å². The second-order valence-electron chi connectivity index (χ2n) is 3.98. The van der Waals surface area contributed by atoms with Crippen molar-refractivity contribution in [2.45, 2.75) is 27.7 Å². The summed E-state index contributed by atoms with van der Waals surface area (Å²) in [4.78, 5) is 0. The van der Waals surface area contributed by atoms with Crippen LogP contribution < -0.4 is 0 Å². The van der Waals surface area contributed by atoms with Crippen LogP contribution in [0.3, 0.4) is 0 Å². The molecule has 0 aliphatic rings. The Labute approximate surface area is 172 Å². The molecule has 0 aliphatic heterocycles. The van der Waals surface area contributed by atoms with Crippen molar-refractivity contribution in [2.75, 3.05) is 24.2 Å². The topological polar surface area (TPSA) is 44.8 Å². The van der Waals surface area contributed by atoms with E-state index in [0.29, 0.717) is 0 Å². The van der Waals surface area contributed by atoms with Crippen LogP contribution in [0.15, 0.2) is 0 Å². The van der Waals surface area contributed by atoms with Gasteiger partial charge in [-0.15, -0.1) is 34.8 Å². The van der Waals surface area contributed by atoms with Crippen LogP contribution in [0.1, 0.15) is 12.8 Å². The predicted octanol–water partition coefficient (Wildman–Crippen LogP) is 6.50. The molecule has 0 saturated heterocycles. The van der Waals surface area contributed by atoms with E-state index in [1.54, 1.807) is 0 Å². The molecular formula is C10H16Br2Cl5O4P. The Hall–Kier alpha value is 2.52. The third-order valence-corrected chi connectivity index (χ3v) is 6.84. The second-order valence-corrected chi connectivity index (χ2v) is 10.8. The lowest BCUT2D eigenvalue weighted by molar-refractivity contribution is 0.0853. The minimum atomic E-state index is -3.98. The minimum Gasteiger partial charge on any atom is -0.286 e. The number of halogens is 7. The zero-order chi connectivity index (χ0) is 17.2. The first kappa shape index (κ1) is 24.5. The minimum absolute atomic E-state index is 0.0108. The zero-order valence-electron chi connectivity index (χ0n) is 11.3. The van der Waals surface area contributed by atoms with E-state index in [-0.39, 0.29) is 46.7 Å². The van der Waals surface area contributed by atoms with Crippen molar-refractivity contribution in [3.05, 3.63) is 0 Å². The SMILES string of the molecule is O=P(OCC(CCl)C(Br)Br)(OC(Cl)CCCl)OC(Cl)CCCl. The standard InChI is InChI=1S/C10H16Br2Cl5O4P/c11-10(12)7(5-15)6-19-22(18,20-8(16)1-3-13)21-9(17)2-4-14/h7-10H,1-6H2. The van der Waals surface area contributed by atoms with Crippen LogP contribution in [0.5, 0.6) is 0 Å². The fourth-order valence-electron chi connectivity index (χ4n) is 1.01. The molecule has 22 heavy (non-hydrogen) atoms. The van der Waals surface area contributed by atoms with Crippen molar-refractivity contribution in [3.8, 4) is 0 Å². The van der Waals surface area contributed by atoms with E-state index in [9.17, 15) is 4.57 Å². The molecule has 0 aliphatic carbocycles. The molecular weight excluding hydrogens is 552 g/mol. The maximum absolute atomic E-state index is 12.6. The molecule has 0 radical (unpaired) electrons. The molecule has 0 amide bonds. The summed E-state index contributed by atoms with van der Waals surface area (Å²) in [5.41, 5.74) is -1.86. The van der Waals surface area contributed by atoms with Gasteiger partial charge in [0.25, 0.3) is 0 Å². The lowest BCUT2D eigenvalue weighted by Gasteiger charge is -2.24. The quantitative estimate of drug-likeness (QED) is 0.188. The van der Waals surface area contributed by atoms with Gasteiger partial charge in [0.05, 0.1) is 10.3 Å². The molecule has 0 aromatic rings. The first-order valence-electron chi connectivity index (χ1n) is 6.13. The smallest absolute Gasteiger partial charge is 0.286 e. The summed E-state index contributed by atoms with van der Waals surface area (Å²) in [5, 5.41) is 0. The van der Waals surface area contributed by atoms with Gasteiger partial charge in [0, 0.05) is 36.4 Å². The Balaban J connectivity index is 4.79. The van der Waals surface area contributed by atoms with Gasteiger partial charge in [-0.1, -0.05) is 55.1 Å². The van der Waals surface area contributed by atoms with E-state index in [0.717, 1.165) is 0 Å². The Morgan fingerprint density at radius 3 is 1.73 bits per heavy atom. The van der Waals surface area contributed by atoms with Crippen molar-refractivity contribution >= 4 is 97.7 Å². The van der Waals surface area contributed by atoms with Crippen molar-refractivity contribution in [2.24, 2.45) is 5.92 Å². The maximum Gasteiger partial charge on any atom is 0.477 e. The number of phosphoric ester groups is 1. The van der Waals surface area contributed by atoms with E-state index in [1.807, 2.05) is 0 Å². The van der Waals surface area contributed by atoms with Crippen LogP contribution in [-0.4, -0.2) is 39.1 Å². The van der Waals surface area contributed by atoms with Crippen LogP contribution in [-0.2, 0) is 18.1 Å². The molecule has 0 rings (SSSR count). The normalized spacial score (nSPS) is 18.9. The fraction of sp³-hybridized carbons (Fsp3) is 1.00. The number of hydrogen-bond donors (Lipinski definition) is 0. The summed E-state index contributed by atoms with van der Waals surface area (Å²) in [6, 6.07) is 0. The molecule has 0 N–H and O–H groups in total. The summed E-state index contributed by atoms with van der Waals surface area (Å²) in [5.74, 6) is 0.551. The number of rotatable bonds is 13. The summed E-state index contributed by atoms with van der Waals surface area (Å²) in [6.45, 7) is 0.0108. The fourth-order valence-corrected chi connectivity index (χ4v) is 5.13. The largest absolute Gasteiger partial charge is 0.477 e. The van der Waals surface area contributed by atoms with Gasteiger partial charge in [0.2, 0.25) is 0 Å². The van der Waals surface area contributed by atoms with Gasteiger partial charge in [0.15, 0.2) is 0 Å². The monoisotopic (exact) mass is 564 g/mol. The van der Waals surface area contributed by atoms with Crippen molar-refractivity contribution in [1.29, 1.82) is 0 Å². The third kappa shape index (κ3) is 11.2. The number of hydrogen-bond acceptors (Lipinski definition) is 4. The molecule has 0 fully saturated rings. The molecule has 3 unspecified atom stereocenters. The lowest BCUT2D eigenvalue weighted by Crippen LogP contribution is -2.19. The Morgan fingerprint density at radius 1 is 0.955 bits per heavy atom. The molecule has 0 spiro atoms. The molecule has 134 valence electrons.